The molecule has 0 aliphatic rings. The number of hydrogen-bond donors (Lipinski definition) is 0. The van der Waals surface area contributed by atoms with E-state index in [1.807, 2.05) is 24.4 Å². The summed E-state index contributed by atoms with van der Waals surface area (Å²) in [7, 11) is 0. The summed E-state index contributed by atoms with van der Waals surface area (Å²) in [4.78, 5) is 12.2. The molecule has 2 rings (SSSR count). The molecule has 21 heavy (non-hydrogen) atoms. The van der Waals surface area contributed by atoms with Crippen molar-refractivity contribution in [2.24, 2.45) is 0 Å². The third kappa shape index (κ3) is 3.87. The van der Waals surface area contributed by atoms with E-state index in [4.69, 9.17) is 4.74 Å². The maximum absolute atomic E-state index is 12.2. The van der Waals surface area contributed by atoms with Gasteiger partial charge in [-0.1, -0.05) is 51.3 Å². The zero-order valence-electron chi connectivity index (χ0n) is 13.1. The van der Waals surface area contributed by atoms with Crippen LogP contribution in [0.5, 0.6) is 0 Å². The summed E-state index contributed by atoms with van der Waals surface area (Å²) in [5, 5.41) is 0.996. The second-order valence-corrected chi connectivity index (χ2v) is 5.45. The molecule has 3 heteroatoms. The first-order valence-corrected chi connectivity index (χ1v) is 8.03. The predicted molar refractivity (Wildman–Crippen MR) is 86.7 cm³/mol. The van der Waals surface area contributed by atoms with E-state index in [9.17, 15) is 4.79 Å². The molecule has 0 bridgehead atoms. The van der Waals surface area contributed by atoms with Crippen LogP contribution in [0.3, 0.4) is 0 Å². The van der Waals surface area contributed by atoms with Gasteiger partial charge >= 0.3 is 5.97 Å². The van der Waals surface area contributed by atoms with E-state index in [2.05, 4.69) is 24.5 Å². The molecule has 2 aromatic rings. The number of fused-ring (bicyclic) bond motifs is 1. The Morgan fingerprint density at radius 1 is 1.10 bits per heavy atom. The highest BCUT2D eigenvalue weighted by molar-refractivity contribution is 6.04. The average Bonchev–Trinajstić information content (AvgIpc) is 2.87. The molecule has 114 valence electrons. The molecule has 0 radical (unpaired) electrons. The van der Waals surface area contributed by atoms with E-state index in [0.29, 0.717) is 12.2 Å². The quantitative estimate of drug-likeness (QED) is 0.516. The first kappa shape index (κ1) is 15.6. The van der Waals surface area contributed by atoms with Crippen LogP contribution in [-0.2, 0) is 11.3 Å². The van der Waals surface area contributed by atoms with Crippen LogP contribution in [0, 0.1) is 0 Å². The smallest absolute Gasteiger partial charge is 0.340 e. The Balaban J connectivity index is 2.20. The molecule has 1 aromatic carbocycles. The van der Waals surface area contributed by atoms with Crippen molar-refractivity contribution in [3.05, 3.63) is 36.0 Å². The van der Waals surface area contributed by atoms with E-state index >= 15 is 0 Å². The van der Waals surface area contributed by atoms with Gasteiger partial charge in [-0.2, -0.15) is 0 Å². The number of para-hydroxylation sites is 1. The minimum Gasteiger partial charge on any atom is -0.462 e. The normalized spacial score (nSPS) is 11.0. The van der Waals surface area contributed by atoms with Crippen LogP contribution in [0.1, 0.15) is 56.3 Å². The highest BCUT2D eigenvalue weighted by Crippen LogP contribution is 2.23. The van der Waals surface area contributed by atoms with Crippen LogP contribution in [0.4, 0.5) is 0 Å². The van der Waals surface area contributed by atoms with Crippen molar-refractivity contribution in [3.63, 3.8) is 0 Å². The van der Waals surface area contributed by atoms with Crippen LogP contribution < -0.4 is 0 Å². The summed E-state index contributed by atoms with van der Waals surface area (Å²) in [6.45, 7) is 5.75. The van der Waals surface area contributed by atoms with Gasteiger partial charge in [-0.15, -0.1) is 0 Å². The van der Waals surface area contributed by atoms with Crippen LogP contribution in [0.15, 0.2) is 30.5 Å². The molecule has 0 unspecified atom stereocenters. The van der Waals surface area contributed by atoms with Gasteiger partial charge in [-0.25, -0.2) is 4.79 Å². The summed E-state index contributed by atoms with van der Waals surface area (Å²) in [6.07, 6.45) is 7.45. The Kier molecular flexibility index (Phi) is 5.85. The minimum atomic E-state index is -0.200. The Labute approximate surface area is 126 Å². The fourth-order valence-corrected chi connectivity index (χ4v) is 2.51. The second kappa shape index (κ2) is 7.87. The van der Waals surface area contributed by atoms with E-state index in [0.717, 1.165) is 36.7 Å². The SMILES string of the molecule is CCCCCn1cc(C(=O)OCCCC)c2ccccc21. The number of carbonyl (C=O) groups is 1. The number of ether oxygens (including phenoxy) is 1. The summed E-state index contributed by atoms with van der Waals surface area (Å²) in [6, 6.07) is 8.07. The van der Waals surface area contributed by atoms with Gasteiger partial charge in [0.2, 0.25) is 0 Å². The molecular formula is C18H25NO2. The number of rotatable bonds is 8. The number of hydrogen-bond acceptors (Lipinski definition) is 2. The lowest BCUT2D eigenvalue weighted by atomic mass is 10.2. The lowest BCUT2D eigenvalue weighted by Gasteiger charge is -2.03. The number of aromatic nitrogens is 1. The van der Waals surface area contributed by atoms with Gasteiger partial charge in [0.1, 0.15) is 0 Å². The van der Waals surface area contributed by atoms with Crippen LogP contribution in [0.2, 0.25) is 0 Å². The number of benzene rings is 1. The zero-order chi connectivity index (χ0) is 15.1. The Hall–Kier alpha value is -1.77. The standard InChI is InChI=1S/C18H25NO2/c1-3-5-9-12-19-14-16(18(20)21-13-6-4-2)15-10-7-8-11-17(15)19/h7-8,10-11,14H,3-6,9,12-13H2,1-2H3. The molecule has 1 heterocycles. The summed E-state index contributed by atoms with van der Waals surface area (Å²) in [5.74, 6) is -0.200. The molecule has 0 fully saturated rings. The lowest BCUT2D eigenvalue weighted by molar-refractivity contribution is 0.0502. The first-order valence-electron chi connectivity index (χ1n) is 8.03. The van der Waals surface area contributed by atoms with Gasteiger partial charge in [-0.05, 0) is 18.9 Å². The Bertz CT molecular complexity index is 586. The molecule has 0 saturated heterocycles. The molecule has 3 nitrogen and oxygen atoms in total. The molecule has 0 aliphatic carbocycles. The third-order valence-electron chi connectivity index (χ3n) is 3.74. The first-order chi connectivity index (χ1) is 10.3. The summed E-state index contributed by atoms with van der Waals surface area (Å²) >= 11 is 0. The molecule has 0 saturated carbocycles. The number of unbranched alkanes of at least 4 members (excludes halogenated alkanes) is 3. The Morgan fingerprint density at radius 2 is 1.86 bits per heavy atom. The van der Waals surface area contributed by atoms with Crippen LogP contribution in [-0.4, -0.2) is 17.1 Å². The van der Waals surface area contributed by atoms with Gasteiger partial charge in [0.15, 0.2) is 0 Å². The number of esters is 1. The summed E-state index contributed by atoms with van der Waals surface area (Å²) in [5.41, 5.74) is 1.81. The molecule has 1 aromatic heterocycles. The van der Waals surface area contributed by atoms with Crippen molar-refractivity contribution in [2.45, 2.75) is 52.5 Å². The van der Waals surface area contributed by atoms with Gasteiger partial charge < -0.3 is 9.30 Å². The molecule has 0 spiro atoms. The summed E-state index contributed by atoms with van der Waals surface area (Å²) < 4.78 is 7.55. The van der Waals surface area contributed by atoms with E-state index in [1.165, 1.54) is 12.8 Å². The van der Waals surface area contributed by atoms with E-state index in [1.54, 1.807) is 0 Å². The number of aryl methyl sites for hydroxylation is 1. The van der Waals surface area contributed by atoms with Crippen molar-refractivity contribution < 1.29 is 9.53 Å². The maximum Gasteiger partial charge on any atom is 0.340 e. The van der Waals surface area contributed by atoms with E-state index < -0.39 is 0 Å². The average molecular weight is 287 g/mol. The highest BCUT2D eigenvalue weighted by atomic mass is 16.5. The molecule has 0 amide bonds. The third-order valence-corrected chi connectivity index (χ3v) is 3.74. The van der Waals surface area contributed by atoms with Gasteiger partial charge in [0, 0.05) is 23.6 Å². The fraction of sp³-hybridized carbons (Fsp3) is 0.500. The largest absolute Gasteiger partial charge is 0.462 e. The minimum absolute atomic E-state index is 0.200. The number of nitrogens with zero attached hydrogens (tertiary/aromatic N) is 1. The van der Waals surface area contributed by atoms with Gasteiger partial charge in [0.05, 0.1) is 12.2 Å². The lowest BCUT2D eigenvalue weighted by Crippen LogP contribution is -2.06. The number of carbonyl (C=O) groups excluding carboxylic acids is 1. The van der Waals surface area contributed by atoms with Crippen molar-refractivity contribution in [1.82, 2.24) is 4.57 Å². The topological polar surface area (TPSA) is 31.2 Å². The predicted octanol–water partition coefficient (Wildman–Crippen LogP) is 4.79. The second-order valence-electron chi connectivity index (χ2n) is 5.45. The van der Waals surface area contributed by atoms with Crippen molar-refractivity contribution in [2.75, 3.05) is 6.61 Å². The van der Waals surface area contributed by atoms with Crippen LogP contribution >= 0.6 is 0 Å². The molecular weight excluding hydrogens is 262 g/mol. The van der Waals surface area contributed by atoms with Crippen molar-refractivity contribution >= 4 is 16.9 Å². The van der Waals surface area contributed by atoms with Crippen molar-refractivity contribution in [3.8, 4) is 0 Å². The molecule has 0 N–H and O–H groups in total. The molecule has 0 aliphatic heterocycles. The monoisotopic (exact) mass is 287 g/mol. The van der Waals surface area contributed by atoms with Crippen LogP contribution in [0.25, 0.3) is 10.9 Å². The Morgan fingerprint density at radius 3 is 2.62 bits per heavy atom. The highest BCUT2D eigenvalue weighted by Gasteiger charge is 2.15. The maximum atomic E-state index is 12.2. The fourth-order valence-electron chi connectivity index (χ4n) is 2.51. The van der Waals surface area contributed by atoms with Gasteiger partial charge in [0.25, 0.3) is 0 Å². The van der Waals surface area contributed by atoms with E-state index in [-0.39, 0.29) is 5.97 Å². The van der Waals surface area contributed by atoms with Crippen molar-refractivity contribution in [1.29, 1.82) is 0 Å². The zero-order valence-corrected chi connectivity index (χ0v) is 13.1. The molecule has 0 atom stereocenters. The van der Waals surface area contributed by atoms with Gasteiger partial charge in [-0.3, -0.25) is 0 Å².